The zero-order chi connectivity index (χ0) is 14.4. The SMILES string of the molecule is Cc1ccc(CCNC(=O)Nc2cc(Br)ccn2)cc1. The number of halogens is 1. The summed E-state index contributed by atoms with van der Waals surface area (Å²) in [5, 5.41) is 5.50. The molecule has 2 N–H and O–H groups in total. The Morgan fingerprint density at radius 1 is 1.25 bits per heavy atom. The van der Waals surface area contributed by atoms with E-state index in [9.17, 15) is 4.79 Å². The van der Waals surface area contributed by atoms with E-state index in [-0.39, 0.29) is 6.03 Å². The molecule has 0 aliphatic rings. The van der Waals surface area contributed by atoms with Crippen LogP contribution in [-0.2, 0) is 6.42 Å². The number of nitrogens with zero attached hydrogens (tertiary/aromatic N) is 1. The van der Waals surface area contributed by atoms with Crippen molar-refractivity contribution in [1.82, 2.24) is 10.3 Å². The Labute approximate surface area is 126 Å². The molecule has 2 rings (SSSR count). The van der Waals surface area contributed by atoms with Gasteiger partial charge in [-0.3, -0.25) is 5.32 Å². The van der Waals surface area contributed by atoms with Gasteiger partial charge in [-0.1, -0.05) is 45.8 Å². The molecule has 0 fully saturated rings. The maximum Gasteiger partial charge on any atom is 0.320 e. The van der Waals surface area contributed by atoms with Gasteiger partial charge in [-0.25, -0.2) is 9.78 Å². The average Bonchev–Trinajstić information content (AvgIpc) is 2.41. The highest BCUT2D eigenvalue weighted by atomic mass is 79.9. The number of benzene rings is 1. The number of urea groups is 1. The minimum Gasteiger partial charge on any atom is -0.337 e. The smallest absolute Gasteiger partial charge is 0.320 e. The molecule has 5 heteroatoms. The summed E-state index contributed by atoms with van der Waals surface area (Å²) in [5.41, 5.74) is 2.44. The van der Waals surface area contributed by atoms with E-state index in [2.05, 4.69) is 62.7 Å². The minimum atomic E-state index is -0.247. The Bertz CT molecular complexity index is 584. The molecule has 0 atom stereocenters. The zero-order valence-corrected chi connectivity index (χ0v) is 12.8. The largest absolute Gasteiger partial charge is 0.337 e. The van der Waals surface area contributed by atoms with Crippen molar-refractivity contribution in [2.45, 2.75) is 13.3 Å². The summed E-state index contributed by atoms with van der Waals surface area (Å²) >= 11 is 3.33. The van der Waals surface area contributed by atoms with Crippen molar-refractivity contribution in [3.63, 3.8) is 0 Å². The summed E-state index contributed by atoms with van der Waals surface area (Å²) in [6.45, 7) is 2.64. The molecule has 104 valence electrons. The Kier molecular flexibility index (Phi) is 5.12. The van der Waals surface area contributed by atoms with E-state index in [1.54, 1.807) is 18.3 Å². The fourth-order valence-corrected chi connectivity index (χ4v) is 2.04. The Morgan fingerprint density at radius 3 is 2.70 bits per heavy atom. The van der Waals surface area contributed by atoms with Crippen LogP contribution in [0.1, 0.15) is 11.1 Å². The van der Waals surface area contributed by atoms with Crippen molar-refractivity contribution < 1.29 is 4.79 Å². The molecule has 0 saturated carbocycles. The van der Waals surface area contributed by atoms with E-state index in [0.717, 1.165) is 10.9 Å². The first-order chi connectivity index (χ1) is 9.63. The lowest BCUT2D eigenvalue weighted by Crippen LogP contribution is -2.30. The van der Waals surface area contributed by atoms with Crippen molar-refractivity contribution >= 4 is 27.8 Å². The monoisotopic (exact) mass is 333 g/mol. The average molecular weight is 334 g/mol. The van der Waals surface area contributed by atoms with Gasteiger partial charge in [0.25, 0.3) is 0 Å². The van der Waals surface area contributed by atoms with E-state index >= 15 is 0 Å². The summed E-state index contributed by atoms with van der Waals surface area (Å²) in [6.07, 6.45) is 2.44. The van der Waals surface area contributed by atoms with Gasteiger partial charge in [-0.15, -0.1) is 0 Å². The highest BCUT2D eigenvalue weighted by Crippen LogP contribution is 2.12. The first-order valence-corrected chi connectivity index (χ1v) is 7.15. The second kappa shape index (κ2) is 7.05. The number of carbonyl (C=O) groups excluding carboxylic acids is 1. The molecular weight excluding hydrogens is 318 g/mol. The van der Waals surface area contributed by atoms with Crippen LogP contribution in [0.3, 0.4) is 0 Å². The number of amides is 2. The molecule has 0 saturated heterocycles. The normalized spacial score (nSPS) is 10.1. The van der Waals surface area contributed by atoms with Crippen LogP contribution in [0.2, 0.25) is 0 Å². The van der Waals surface area contributed by atoms with Gasteiger partial charge in [0.15, 0.2) is 0 Å². The number of aryl methyl sites for hydroxylation is 1. The Balaban J connectivity index is 1.76. The molecular formula is C15H16BrN3O. The molecule has 0 aliphatic heterocycles. The zero-order valence-electron chi connectivity index (χ0n) is 11.2. The number of rotatable bonds is 4. The molecule has 0 unspecified atom stereocenters. The molecule has 1 heterocycles. The summed E-state index contributed by atoms with van der Waals surface area (Å²) in [7, 11) is 0. The van der Waals surface area contributed by atoms with Crippen LogP contribution in [0.4, 0.5) is 10.6 Å². The number of hydrogen-bond acceptors (Lipinski definition) is 2. The van der Waals surface area contributed by atoms with Crippen LogP contribution in [0.15, 0.2) is 47.1 Å². The van der Waals surface area contributed by atoms with Crippen LogP contribution < -0.4 is 10.6 Å². The third-order valence-corrected chi connectivity index (χ3v) is 3.28. The molecule has 2 amide bonds. The standard InChI is InChI=1S/C15H16BrN3O/c1-11-2-4-12(5-3-11)6-8-18-15(20)19-14-10-13(16)7-9-17-14/h2-5,7,9-10H,6,8H2,1H3,(H2,17,18,19,20). The maximum absolute atomic E-state index is 11.7. The van der Waals surface area contributed by atoms with E-state index < -0.39 is 0 Å². The molecule has 1 aromatic carbocycles. The lowest BCUT2D eigenvalue weighted by atomic mass is 10.1. The summed E-state index contributed by atoms with van der Waals surface area (Å²) in [4.78, 5) is 15.7. The van der Waals surface area contributed by atoms with Crippen LogP contribution >= 0.6 is 15.9 Å². The Hall–Kier alpha value is -1.88. The van der Waals surface area contributed by atoms with Gasteiger partial charge in [-0.05, 0) is 31.0 Å². The second-order valence-electron chi connectivity index (χ2n) is 4.48. The molecule has 0 bridgehead atoms. The van der Waals surface area contributed by atoms with E-state index in [1.807, 2.05) is 0 Å². The molecule has 0 radical (unpaired) electrons. The van der Waals surface area contributed by atoms with E-state index in [4.69, 9.17) is 0 Å². The first-order valence-electron chi connectivity index (χ1n) is 6.35. The van der Waals surface area contributed by atoms with Gasteiger partial charge in [0.05, 0.1) is 0 Å². The molecule has 1 aromatic heterocycles. The molecule has 2 aromatic rings. The maximum atomic E-state index is 11.7. The third-order valence-electron chi connectivity index (χ3n) is 2.78. The van der Waals surface area contributed by atoms with Gasteiger partial charge < -0.3 is 5.32 Å². The van der Waals surface area contributed by atoms with Gasteiger partial charge in [-0.2, -0.15) is 0 Å². The van der Waals surface area contributed by atoms with Crippen LogP contribution in [0, 0.1) is 6.92 Å². The predicted molar refractivity (Wildman–Crippen MR) is 83.8 cm³/mol. The topological polar surface area (TPSA) is 54.0 Å². The van der Waals surface area contributed by atoms with Crippen molar-refractivity contribution in [3.8, 4) is 0 Å². The van der Waals surface area contributed by atoms with Crippen molar-refractivity contribution in [2.75, 3.05) is 11.9 Å². The van der Waals surface area contributed by atoms with Gasteiger partial charge in [0, 0.05) is 17.2 Å². The second-order valence-corrected chi connectivity index (χ2v) is 5.39. The van der Waals surface area contributed by atoms with Gasteiger partial charge in [0.2, 0.25) is 0 Å². The molecule has 0 aliphatic carbocycles. The van der Waals surface area contributed by atoms with E-state index in [1.165, 1.54) is 11.1 Å². The fraction of sp³-hybridized carbons (Fsp3) is 0.200. The van der Waals surface area contributed by atoms with Crippen LogP contribution in [-0.4, -0.2) is 17.6 Å². The van der Waals surface area contributed by atoms with Gasteiger partial charge >= 0.3 is 6.03 Å². The van der Waals surface area contributed by atoms with Crippen LogP contribution in [0.5, 0.6) is 0 Å². The van der Waals surface area contributed by atoms with Crippen molar-refractivity contribution in [2.24, 2.45) is 0 Å². The summed E-state index contributed by atoms with van der Waals surface area (Å²) in [6, 6.07) is 11.6. The number of anilines is 1. The number of pyridine rings is 1. The predicted octanol–water partition coefficient (Wildman–Crippen LogP) is 3.52. The van der Waals surface area contributed by atoms with Crippen LogP contribution in [0.25, 0.3) is 0 Å². The van der Waals surface area contributed by atoms with Crippen molar-refractivity contribution in [3.05, 3.63) is 58.2 Å². The highest BCUT2D eigenvalue weighted by Gasteiger charge is 2.02. The fourth-order valence-electron chi connectivity index (χ4n) is 1.71. The first kappa shape index (κ1) is 14.5. The summed E-state index contributed by atoms with van der Waals surface area (Å²) < 4.78 is 0.877. The number of carbonyl (C=O) groups is 1. The number of nitrogens with one attached hydrogen (secondary N) is 2. The van der Waals surface area contributed by atoms with E-state index in [0.29, 0.717) is 12.4 Å². The Morgan fingerprint density at radius 2 is 2.00 bits per heavy atom. The summed E-state index contributed by atoms with van der Waals surface area (Å²) in [5.74, 6) is 0.521. The molecule has 0 spiro atoms. The minimum absolute atomic E-state index is 0.247. The number of hydrogen-bond donors (Lipinski definition) is 2. The van der Waals surface area contributed by atoms with Gasteiger partial charge in [0.1, 0.15) is 5.82 Å². The molecule has 4 nitrogen and oxygen atoms in total. The quantitative estimate of drug-likeness (QED) is 0.899. The highest BCUT2D eigenvalue weighted by molar-refractivity contribution is 9.10. The molecule has 20 heavy (non-hydrogen) atoms. The number of aromatic nitrogens is 1. The lowest BCUT2D eigenvalue weighted by molar-refractivity contribution is 0.252. The third kappa shape index (κ3) is 4.66. The lowest BCUT2D eigenvalue weighted by Gasteiger charge is -2.07. The van der Waals surface area contributed by atoms with Crippen molar-refractivity contribution in [1.29, 1.82) is 0 Å².